The molecule has 8 nitrogen and oxygen atoms in total. The van der Waals surface area contributed by atoms with E-state index in [4.69, 9.17) is 4.42 Å². The molecule has 0 saturated heterocycles. The molecule has 25 heavy (non-hydrogen) atoms. The molecular formula is C17H13N5O3. The summed E-state index contributed by atoms with van der Waals surface area (Å²) in [5.41, 5.74) is 2.14. The summed E-state index contributed by atoms with van der Waals surface area (Å²) < 4.78 is 5.30. The van der Waals surface area contributed by atoms with Gasteiger partial charge < -0.3 is 14.7 Å². The number of benzene rings is 1. The van der Waals surface area contributed by atoms with E-state index < -0.39 is 4.92 Å². The summed E-state index contributed by atoms with van der Waals surface area (Å²) >= 11 is 0. The summed E-state index contributed by atoms with van der Waals surface area (Å²) in [5.74, 6) is 1.45. The Labute approximate surface area is 141 Å². The van der Waals surface area contributed by atoms with Crippen LogP contribution < -0.4 is 5.32 Å². The molecule has 1 aromatic carbocycles. The molecule has 4 rings (SSSR count). The highest BCUT2D eigenvalue weighted by atomic mass is 16.6. The molecule has 3 aromatic heterocycles. The van der Waals surface area contributed by atoms with Crippen molar-refractivity contribution in [2.75, 3.05) is 5.32 Å². The minimum Gasteiger partial charge on any atom is -0.467 e. The van der Waals surface area contributed by atoms with Crippen molar-refractivity contribution in [3.63, 3.8) is 0 Å². The Morgan fingerprint density at radius 1 is 1.20 bits per heavy atom. The van der Waals surface area contributed by atoms with Gasteiger partial charge in [0.2, 0.25) is 0 Å². The molecule has 4 aromatic rings. The average molecular weight is 335 g/mol. The van der Waals surface area contributed by atoms with E-state index >= 15 is 0 Å². The first kappa shape index (κ1) is 14.9. The molecule has 0 fully saturated rings. The van der Waals surface area contributed by atoms with E-state index in [2.05, 4.69) is 20.3 Å². The van der Waals surface area contributed by atoms with Crippen molar-refractivity contribution in [2.45, 2.75) is 6.54 Å². The van der Waals surface area contributed by atoms with Crippen molar-refractivity contribution in [2.24, 2.45) is 0 Å². The van der Waals surface area contributed by atoms with Gasteiger partial charge in [-0.25, -0.2) is 9.97 Å². The van der Waals surface area contributed by atoms with Crippen LogP contribution in [0.25, 0.3) is 22.3 Å². The minimum atomic E-state index is -0.414. The van der Waals surface area contributed by atoms with Crippen molar-refractivity contribution < 1.29 is 9.34 Å². The largest absolute Gasteiger partial charge is 0.467 e. The quantitative estimate of drug-likeness (QED) is 0.425. The number of rotatable bonds is 5. The Morgan fingerprint density at radius 3 is 2.92 bits per heavy atom. The van der Waals surface area contributed by atoms with Crippen LogP contribution in [0.2, 0.25) is 0 Å². The van der Waals surface area contributed by atoms with E-state index in [1.165, 1.54) is 18.5 Å². The van der Waals surface area contributed by atoms with Crippen LogP contribution in [-0.2, 0) is 6.54 Å². The third kappa shape index (κ3) is 2.92. The molecule has 0 unspecified atom stereocenters. The van der Waals surface area contributed by atoms with Crippen LogP contribution in [0, 0.1) is 10.1 Å². The summed E-state index contributed by atoms with van der Waals surface area (Å²) in [4.78, 5) is 22.2. The van der Waals surface area contributed by atoms with Gasteiger partial charge in [0.05, 0.1) is 23.1 Å². The zero-order valence-electron chi connectivity index (χ0n) is 13.0. The smallest absolute Gasteiger partial charge is 0.270 e. The number of nitro benzene ring substituents is 1. The van der Waals surface area contributed by atoms with Crippen LogP contribution in [0.15, 0.2) is 59.5 Å². The van der Waals surface area contributed by atoms with Crippen molar-refractivity contribution in [1.82, 2.24) is 15.0 Å². The summed E-state index contributed by atoms with van der Waals surface area (Å²) in [6.45, 7) is 0.496. The maximum Gasteiger partial charge on any atom is 0.270 e. The number of fused-ring (bicyclic) bond motifs is 1. The first-order chi connectivity index (χ1) is 12.2. The van der Waals surface area contributed by atoms with Gasteiger partial charge >= 0.3 is 0 Å². The number of furan rings is 1. The zero-order valence-corrected chi connectivity index (χ0v) is 13.0. The maximum atomic E-state index is 11.0. The summed E-state index contributed by atoms with van der Waals surface area (Å²) in [6.07, 6.45) is 3.07. The number of non-ortho nitro benzene ring substituents is 1. The van der Waals surface area contributed by atoms with E-state index in [0.717, 1.165) is 16.8 Å². The number of hydrogen-bond donors (Lipinski definition) is 2. The normalized spacial score (nSPS) is 10.9. The molecule has 2 N–H and O–H groups in total. The lowest BCUT2D eigenvalue weighted by atomic mass is 10.1. The first-order valence-electron chi connectivity index (χ1n) is 7.55. The predicted molar refractivity (Wildman–Crippen MR) is 92.0 cm³/mol. The van der Waals surface area contributed by atoms with E-state index in [1.54, 1.807) is 18.4 Å². The first-order valence-corrected chi connectivity index (χ1v) is 7.55. The Bertz CT molecular complexity index is 1040. The van der Waals surface area contributed by atoms with Gasteiger partial charge in [-0.15, -0.1) is 0 Å². The molecule has 0 spiro atoms. The molecular weight excluding hydrogens is 322 g/mol. The Kier molecular flexibility index (Phi) is 3.62. The van der Waals surface area contributed by atoms with Crippen LogP contribution in [0.1, 0.15) is 5.76 Å². The molecule has 0 amide bonds. The zero-order chi connectivity index (χ0) is 17.2. The molecule has 0 atom stereocenters. The Morgan fingerprint density at radius 2 is 2.12 bits per heavy atom. The molecule has 3 heterocycles. The fraction of sp³-hybridized carbons (Fsp3) is 0.0588. The number of hydrogen-bond acceptors (Lipinski definition) is 6. The van der Waals surface area contributed by atoms with E-state index in [-0.39, 0.29) is 5.69 Å². The number of aromatic amines is 1. The second-order valence-electron chi connectivity index (χ2n) is 5.41. The van der Waals surface area contributed by atoms with Crippen molar-refractivity contribution in [3.8, 4) is 11.3 Å². The van der Waals surface area contributed by atoms with Gasteiger partial charge in [-0.2, -0.15) is 0 Å². The van der Waals surface area contributed by atoms with Gasteiger partial charge in [-0.05, 0) is 18.2 Å². The number of H-pyrrole nitrogens is 1. The molecule has 8 heteroatoms. The molecule has 0 radical (unpaired) electrons. The topological polar surface area (TPSA) is 110 Å². The number of nitro groups is 1. The summed E-state index contributed by atoms with van der Waals surface area (Å²) in [5, 5.41) is 15.0. The number of aromatic nitrogens is 3. The Hall–Kier alpha value is -3.68. The molecule has 0 aliphatic carbocycles. The third-order valence-corrected chi connectivity index (χ3v) is 3.80. The number of nitrogens with zero attached hydrogens (tertiary/aromatic N) is 3. The predicted octanol–water partition coefficient (Wildman–Crippen LogP) is 3.74. The van der Waals surface area contributed by atoms with Crippen LogP contribution in [0.3, 0.4) is 0 Å². The van der Waals surface area contributed by atoms with Gasteiger partial charge in [0.1, 0.15) is 23.6 Å². The minimum absolute atomic E-state index is 0.0402. The molecule has 124 valence electrons. The van der Waals surface area contributed by atoms with Crippen LogP contribution in [0.5, 0.6) is 0 Å². The highest BCUT2D eigenvalue weighted by Crippen LogP contribution is 2.28. The third-order valence-electron chi connectivity index (χ3n) is 3.80. The van der Waals surface area contributed by atoms with Crippen molar-refractivity contribution in [1.29, 1.82) is 0 Å². The summed E-state index contributed by atoms with van der Waals surface area (Å²) in [6, 6.07) is 12.0. The van der Waals surface area contributed by atoms with Gasteiger partial charge in [-0.1, -0.05) is 12.1 Å². The SMILES string of the molecule is O=[N+]([O-])c1cccc(-c2cc3c(NCc4ccco4)ncnc3[nH]2)c1. The van der Waals surface area contributed by atoms with E-state index in [0.29, 0.717) is 23.6 Å². The lowest BCUT2D eigenvalue weighted by molar-refractivity contribution is -0.384. The fourth-order valence-electron chi connectivity index (χ4n) is 2.61. The van der Waals surface area contributed by atoms with Crippen molar-refractivity contribution >= 4 is 22.5 Å². The molecule has 0 saturated carbocycles. The molecule has 0 aliphatic heterocycles. The lowest BCUT2D eigenvalue weighted by Crippen LogP contribution is -2.01. The van der Waals surface area contributed by atoms with Crippen LogP contribution in [-0.4, -0.2) is 19.9 Å². The fourth-order valence-corrected chi connectivity index (χ4v) is 2.61. The van der Waals surface area contributed by atoms with Crippen LogP contribution >= 0.6 is 0 Å². The van der Waals surface area contributed by atoms with Gasteiger partial charge in [0, 0.05) is 23.4 Å². The number of anilines is 1. The van der Waals surface area contributed by atoms with Gasteiger partial charge in [0.15, 0.2) is 0 Å². The Balaban J connectivity index is 1.69. The summed E-state index contributed by atoms with van der Waals surface area (Å²) in [7, 11) is 0. The lowest BCUT2D eigenvalue weighted by Gasteiger charge is -2.03. The highest BCUT2D eigenvalue weighted by Gasteiger charge is 2.12. The number of nitrogens with one attached hydrogen (secondary N) is 2. The molecule has 0 bridgehead atoms. The highest BCUT2D eigenvalue weighted by molar-refractivity contribution is 5.91. The maximum absolute atomic E-state index is 11.0. The van der Waals surface area contributed by atoms with Crippen LogP contribution in [0.4, 0.5) is 11.5 Å². The standard InChI is InChI=1S/C17H13N5O3/c23-22(24)12-4-1-3-11(7-12)15-8-14-16(19-10-20-17(14)21-15)18-9-13-5-2-6-25-13/h1-8,10H,9H2,(H2,18,19,20,21). The van der Waals surface area contributed by atoms with E-state index in [1.807, 2.05) is 18.2 Å². The van der Waals surface area contributed by atoms with Gasteiger partial charge in [0.25, 0.3) is 5.69 Å². The molecule has 0 aliphatic rings. The second kappa shape index (κ2) is 6.08. The van der Waals surface area contributed by atoms with Crippen molar-refractivity contribution in [3.05, 3.63) is 70.9 Å². The second-order valence-corrected chi connectivity index (χ2v) is 5.41. The average Bonchev–Trinajstić information content (AvgIpc) is 3.29. The van der Waals surface area contributed by atoms with Gasteiger partial charge in [-0.3, -0.25) is 10.1 Å². The monoisotopic (exact) mass is 335 g/mol. The van der Waals surface area contributed by atoms with E-state index in [9.17, 15) is 10.1 Å².